The number of amides is 1. The van der Waals surface area contributed by atoms with Crippen molar-refractivity contribution in [2.75, 3.05) is 13.6 Å². The summed E-state index contributed by atoms with van der Waals surface area (Å²) < 4.78 is 2.09. The number of likely N-dealkylation sites (N-methyl/N-ethyl adjacent to an activating group) is 1. The molecule has 1 atom stereocenters. The van der Waals surface area contributed by atoms with Gasteiger partial charge in [-0.05, 0) is 18.1 Å². The second kappa shape index (κ2) is 5.31. The van der Waals surface area contributed by atoms with Gasteiger partial charge in [-0.15, -0.1) is 11.3 Å². The molecule has 1 unspecified atom stereocenters. The van der Waals surface area contributed by atoms with Crippen molar-refractivity contribution in [2.45, 2.75) is 12.5 Å². The average molecular weight is 325 g/mol. The van der Waals surface area contributed by atoms with Crippen LogP contribution >= 0.6 is 11.3 Å². The maximum absolute atomic E-state index is 12.8. The predicted octanol–water partition coefficient (Wildman–Crippen LogP) is 2.53. The molecule has 0 saturated carbocycles. The third-order valence-electron chi connectivity index (χ3n) is 4.26. The van der Waals surface area contributed by atoms with Gasteiger partial charge in [0.15, 0.2) is 0 Å². The lowest BCUT2D eigenvalue weighted by Gasteiger charge is -2.12. The van der Waals surface area contributed by atoms with Crippen LogP contribution in [0.4, 0.5) is 0 Å². The van der Waals surface area contributed by atoms with Crippen molar-refractivity contribution in [2.24, 2.45) is 0 Å². The summed E-state index contributed by atoms with van der Waals surface area (Å²) >= 11 is 1.43. The third kappa shape index (κ3) is 2.26. The summed E-state index contributed by atoms with van der Waals surface area (Å²) in [7, 11) is 1.76. The van der Waals surface area contributed by atoms with Crippen LogP contribution in [-0.2, 0) is 4.79 Å². The lowest BCUT2D eigenvalue weighted by atomic mass is 10.2. The van der Waals surface area contributed by atoms with E-state index in [0.29, 0.717) is 23.2 Å². The largest absolute Gasteiger partial charge is 0.344 e. The minimum absolute atomic E-state index is 0.0203. The fraction of sp³-hybridized carbons (Fsp3) is 0.235. The zero-order valence-electron chi connectivity index (χ0n) is 12.6. The SMILES string of the molecule is CN1CCC(n2cnc3cc(-c4ccccc4)sc3c2=O)C1=O. The average Bonchev–Trinajstić information content (AvgIpc) is 3.15. The molecule has 4 rings (SSSR count). The quantitative estimate of drug-likeness (QED) is 0.727. The van der Waals surface area contributed by atoms with Gasteiger partial charge in [-0.3, -0.25) is 14.2 Å². The molecule has 1 amide bonds. The number of benzene rings is 1. The summed E-state index contributed by atoms with van der Waals surface area (Å²) in [6.07, 6.45) is 2.16. The lowest BCUT2D eigenvalue weighted by molar-refractivity contribution is -0.129. The van der Waals surface area contributed by atoms with Gasteiger partial charge in [-0.25, -0.2) is 4.98 Å². The molecule has 0 aliphatic carbocycles. The molecule has 6 heteroatoms. The Balaban J connectivity index is 1.83. The molecule has 1 aliphatic heterocycles. The van der Waals surface area contributed by atoms with Crippen LogP contribution in [0.1, 0.15) is 12.5 Å². The molecule has 0 spiro atoms. The van der Waals surface area contributed by atoms with Gasteiger partial charge in [0.25, 0.3) is 5.56 Å². The molecule has 0 bridgehead atoms. The summed E-state index contributed by atoms with van der Waals surface area (Å²) in [6, 6.07) is 11.4. The van der Waals surface area contributed by atoms with Gasteiger partial charge in [0.05, 0.1) is 11.8 Å². The van der Waals surface area contributed by atoms with Crippen molar-refractivity contribution in [1.82, 2.24) is 14.5 Å². The van der Waals surface area contributed by atoms with Crippen LogP contribution in [0.15, 0.2) is 47.5 Å². The molecule has 0 N–H and O–H groups in total. The predicted molar refractivity (Wildman–Crippen MR) is 90.6 cm³/mol. The minimum Gasteiger partial charge on any atom is -0.344 e. The van der Waals surface area contributed by atoms with Gasteiger partial charge in [0, 0.05) is 18.5 Å². The number of likely N-dealkylation sites (tertiary alicyclic amines) is 1. The number of carbonyl (C=O) groups excluding carboxylic acids is 1. The number of aromatic nitrogens is 2. The topological polar surface area (TPSA) is 55.2 Å². The fourth-order valence-corrected chi connectivity index (χ4v) is 4.01. The fourth-order valence-electron chi connectivity index (χ4n) is 2.95. The Morgan fingerprint density at radius 1 is 1.22 bits per heavy atom. The molecule has 1 fully saturated rings. The Bertz CT molecular complexity index is 945. The Kier molecular flexibility index (Phi) is 3.27. The molecular weight excluding hydrogens is 310 g/mol. The lowest BCUT2D eigenvalue weighted by Crippen LogP contribution is -2.30. The molecular formula is C17H15N3O2S. The molecule has 1 aliphatic rings. The number of hydrogen-bond acceptors (Lipinski definition) is 4. The highest BCUT2D eigenvalue weighted by molar-refractivity contribution is 7.22. The van der Waals surface area contributed by atoms with Crippen LogP contribution in [0, 0.1) is 0 Å². The van der Waals surface area contributed by atoms with Crippen LogP contribution in [0.25, 0.3) is 20.7 Å². The van der Waals surface area contributed by atoms with E-state index in [2.05, 4.69) is 4.98 Å². The van der Waals surface area contributed by atoms with Crippen LogP contribution in [0.3, 0.4) is 0 Å². The van der Waals surface area contributed by atoms with E-state index in [0.717, 1.165) is 10.4 Å². The Morgan fingerprint density at radius 2 is 2.00 bits per heavy atom. The first kappa shape index (κ1) is 14.1. The molecule has 1 saturated heterocycles. The van der Waals surface area contributed by atoms with E-state index in [1.165, 1.54) is 22.2 Å². The van der Waals surface area contributed by atoms with E-state index in [-0.39, 0.29) is 11.5 Å². The van der Waals surface area contributed by atoms with Crippen LogP contribution in [-0.4, -0.2) is 34.0 Å². The summed E-state index contributed by atoms with van der Waals surface area (Å²) in [6.45, 7) is 0.674. The zero-order chi connectivity index (χ0) is 16.0. The van der Waals surface area contributed by atoms with Crippen molar-refractivity contribution >= 4 is 27.5 Å². The summed E-state index contributed by atoms with van der Waals surface area (Å²) in [4.78, 5) is 32.0. The van der Waals surface area contributed by atoms with Crippen molar-refractivity contribution in [3.8, 4) is 10.4 Å². The van der Waals surface area contributed by atoms with Gasteiger partial charge in [-0.2, -0.15) is 0 Å². The molecule has 3 aromatic rings. The van der Waals surface area contributed by atoms with Gasteiger partial charge >= 0.3 is 0 Å². The Hall–Kier alpha value is -2.47. The van der Waals surface area contributed by atoms with Gasteiger partial charge < -0.3 is 4.90 Å². The first-order valence-electron chi connectivity index (χ1n) is 7.46. The normalized spacial score (nSPS) is 18.0. The molecule has 116 valence electrons. The van der Waals surface area contributed by atoms with Gasteiger partial charge in [-0.1, -0.05) is 30.3 Å². The minimum atomic E-state index is -0.424. The van der Waals surface area contributed by atoms with E-state index >= 15 is 0 Å². The van der Waals surface area contributed by atoms with E-state index in [1.54, 1.807) is 11.9 Å². The van der Waals surface area contributed by atoms with Crippen LogP contribution < -0.4 is 5.56 Å². The molecule has 0 radical (unpaired) electrons. The number of hydrogen-bond donors (Lipinski definition) is 0. The monoisotopic (exact) mass is 325 g/mol. The number of thiophene rings is 1. The summed E-state index contributed by atoms with van der Waals surface area (Å²) in [5.41, 5.74) is 1.63. The molecule has 3 heterocycles. The first-order valence-corrected chi connectivity index (χ1v) is 8.28. The highest BCUT2D eigenvalue weighted by Gasteiger charge is 2.31. The third-order valence-corrected chi connectivity index (χ3v) is 5.42. The van der Waals surface area contributed by atoms with E-state index < -0.39 is 6.04 Å². The highest BCUT2D eigenvalue weighted by Crippen LogP contribution is 2.31. The van der Waals surface area contributed by atoms with Crippen molar-refractivity contribution in [1.29, 1.82) is 0 Å². The van der Waals surface area contributed by atoms with Crippen LogP contribution in [0.5, 0.6) is 0 Å². The number of fused-ring (bicyclic) bond motifs is 1. The summed E-state index contributed by atoms with van der Waals surface area (Å²) in [5.74, 6) is -0.0203. The molecule has 2 aromatic heterocycles. The standard InChI is InChI=1S/C17H15N3O2S/c1-19-8-7-13(16(19)21)20-10-18-12-9-14(23-15(12)17(20)22)11-5-3-2-4-6-11/h2-6,9-10,13H,7-8H2,1H3. The van der Waals surface area contributed by atoms with Gasteiger partial charge in [0.2, 0.25) is 5.91 Å². The van der Waals surface area contributed by atoms with Crippen molar-refractivity contribution in [3.63, 3.8) is 0 Å². The number of carbonyl (C=O) groups is 1. The first-order chi connectivity index (χ1) is 11.1. The van der Waals surface area contributed by atoms with E-state index in [4.69, 9.17) is 0 Å². The van der Waals surface area contributed by atoms with E-state index in [1.807, 2.05) is 36.4 Å². The molecule has 23 heavy (non-hydrogen) atoms. The van der Waals surface area contributed by atoms with Crippen molar-refractivity contribution in [3.05, 3.63) is 53.1 Å². The molecule has 5 nitrogen and oxygen atoms in total. The second-order valence-electron chi connectivity index (χ2n) is 5.71. The van der Waals surface area contributed by atoms with E-state index in [9.17, 15) is 9.59 Å². The maximum atomic E-state index is 12.8. The zero-order valence-corrected chi connectivity index (χ0v) is 13.4. The van der Waals surface area contributed by atoms with Gasteiger partial charge in [0.1, 0.15) is 10.7 Å². The molecule has 1 aromatic carbocycles. The van der Waals surface area contributed by atoms with Crippen molar-refractivity contribution < 1.29 is 4.79 Å². The number of nitrogens with zero attached hydrogens (tertiary/aromatic N) is 3. The maximum Gasteiger partial charge on any atom is 0.272 e. The number of rotatable bonds is 2. The Morgan fingerprint density at radius 3 is 2.70 bits per heavy atom. The Labute approximate surface area is 136 Å². The van der Waals surface area contributed by atoms with Crippen LogP contribution in [0.2, 0.25) is 0 Å². The second-order valence-corrected chi connectivity index (χ2v) is 6.76. The summed E-state index contributed by atoms with van der Waals surface area (Å²) in [5, 5.41) is 0. The smallest absolute Gasteiger partial charge is 0.272 e. The highest BCUT2D eigenvalue weighted by atomic mass is 32.1.